The average molecular weight is 619 g/mol. The smallest absolute Gasteiger partial charge is 0.271 e. The van der Waals surface area contributed by atoms with Crippen molar-refractivity contribution in [2.75, 3.05) is 33.1 Å². The second-order valence-corrected chi connectivity index (χ2v) is 10.8. The number of dihydropyridines is 1. The van der Waals surface area contributed by atoms with Gasteiger partial charge in [-0.25, -0.2) is 0 Å². The van der Waals surface area contributed by atoms with Gasteiger partial charge in [0.25, 0.3) is 17.7 Å². The molecule has 1 fully saturated rings. The summed E-state index contributed by atoms with van der Waals surface area (Å²) in [5, 5.41) is 17.4. The van der Waals surface area contributed by atoms with E-state index in [9.17, 15) is 14.4 Å². The number of methoxy groups -OCH3 is 1. The number of ether oxygens (including phenoxy) is 1. The molecule has 13 heteroatoms. The van der Waals surface area contributed by atoms with Crippen LogP contribution < -0.4 is 26.4 Å². The highest BCUT2D eigenvalue weighted by Gasteiger charge is 2.29. The standard InChI is InChI=1S/C31H35ClN8O4/c1-17-11-12-36-20(13-17)16-40(3)31(43)23-9-7-19(15-37-23)26-21(32)8-10-22(28(26)44-4)38-24(27(34)30(42)35-2)14-25(33)39-29(41)18-5-6-18/h7-14,18,34,37-38H,5-6,15-16H2,1-4H3,(H,35,42)(H2,33,39,41)/b24-14+,34-27?. The number of aryl methyl sites for hydroxylation is 1. The molecule has 1 aliphatic heterocycles. The van der Waals surface area contributed by atoms with E-state index < -0.39 is 11.6 Å². The van der Waals surface area contributed by atoms with Gasteiger partial charge < -0.3 is 31.3 Å². The second kappa shape index (κ2) is 14.0. The van der Waals surface area contributed by atoms with E-state index in [4.69, 9.17) is 27.5 Å². The number of rotatable bonds is 11. The molecule has 0 atom stereocenters. The van der Waals surface area contributed by atoms with Crippen LogP contribution in [0, 0.1) is 18.3 Å². The van der Waals surface area contributed by atoms with Gasteiger partial charge in [-0.05, 0) is 61.2 Å². The summed E-state index contributed by atoms with van der Waals surface area (Å²) in [6.07, 6.45) is 7.97. The molecule has 44 heavy (non-hydrogen) atoms. The number of likely N-dealkylation sites (N-methyl/N-ethyl adjacent to an activating group) is 1. The number of hydrogen-bond acceptors (Lipinski definition) is 8. The molecule has 1 aromatic heterocycles. The van der Waals surface area contributed by atoms with Crippen LogP contribution in [0.15, 0.2) is 65.1 Å². The summed E-state index contributed by atoms with van der Waals surface area (Å²) in [5.74, 6) is -1.16. The van der Waals surface area contributed by atoms with Gasteiger partial charge in [0, 0.05) is 44.4 Å². The molecule has 2 heterocycles. The van der Waals surface area contributed by atoms with Crippen molar-refractivity contribution in [3.8, 4) is 5.75 Å². The Balaban J connectivity index is 1.62. The molecular formula is C31H35ClN8O4. The zero-order chi connectivity index (χ0) is 32.0. The monoisotopic (exact) mass is 618 g/mol. The topological polar surface area (TPSA) is 175 Å². The third kappa shape index (κ3) is 7.70. The molecule has 1 aromatic carbocycles. The first-order valence-electron chi connectivity index (χ1n) is 13.9. The number of benzene rings is 1. The first-order chi connectivity index (χ1) is 21.0. The van der Waals surface area contributed by atoms with E-state index in [-0.39, 0.29) is 35.8 Å². The number of carbonyl (C=O) groups is 3. The number of aromatic nitrogens is 1. The lowest BCUT2D eigenvalue weighted by Crippen LogP contribution is -2.35. The Morgan fingerprint density at radius 1 is 1.27 bits per heavy atom. The van der Waals surface area contributed by atoms with Gasteiger partial charge >= 0.3 is 0 Å². The molecule has 0 saturated heterocycles. The van der Waals surface area contributed by atoms with E-state index in [1.807, 2.05) is 19.1 Å². The van der Waals surface area contributed by atoms with Crippen LogP contribution in [0.2, 0.25) is 5.02 Å². The van der Waals surface area contributed by atoms with Crippen molar-refractivity contribution in [3.05, 3.63) is 81.9 Å². The van der Waals surface area contributed by atoms with Crippen molar-refractivity contribution >= 4 is 52.1 Å². The minimum absolute atomic E-state index is 0.00423. The summed E-state index contributed by atoms with van der Waals surface area (Å²) in [6, 6.07) is 7.11. The van der Waals surface area contributed by atoms with Crippen molar-refractivity contribution in [2.45, 2.75) is 26.3 Å². The van der Waals surface area contributed by atoms with Crippen LogP contribution in [0.25, 0.3) is 5.57 Å². The zero-order valence-electron chi connectivity index (χ0n) is 25.0. The van der Waals surface area contributed by atoms with Crippen LogP contribution in [-0.4, -0.2) is 66.9 Å². The Morgan fingerprint density at radius 3 is 2.64 bits per heavy atom. The van der Waals surface area contributed by atoms with E-state index in [1.54, 1.807) is 42.4 Å². The van der Waals surface area contributed by atoms with Crippen molar-refractivity contribution in [1.82, 2.24) is 20.5 Å². The van der Waals surface area contributed by atoms with E-state index >= 15 is 0 Å². The maximum atomic E-state index is 13.1. The van der Waals surface area contributed by atoms with E-state index in [1.165, 1.54) is 20.2 Å². The minimum atomic E-state index is -0.678. The van der Waals surface area contributed by atoms with Crippen LogP contribution >= 0.6 is 11.6 Å². The summed E-state index contributed by atoms with van der Waals surface area (Å²) < 4.78 is 5.74. The summed E-state index contributed by atoms with van der Waals surface area (Å²) in [7, 11) is 4.58. The number of amidine groups is 1. The predicted molar refractivity (Wildman–Crippen MR) is 170 cm³/mol. The maximum absolute atomic E-state index is 13.1. The van der Waals surface area contributed by atoms with E-state index in [0.29, 0.717) is 34.3 Å². The Kier molecular flexibility index (Phi) is 10.2. The number of anilines is 1. The number of hydrogen-bond donors (Lipinski definition) is 5. The predicted octanol–water partition coefficient (Wildman–Crippen LogP) is 2.94. The second-order valence-electron chi connectivity index (χ2n) is 10.4. The fraction of sp³-hybridized carbons (Fsp3) is 0.290. The Labute approximate surface area is 260 Å². The fourth-order valence-corrected chi connectivity index (χ4v) is 4.75. The van der Waals surface area contributed by atoms with Gasteiger partial charge in [-0.3, -0.25) is 24.8 Å². The first-order valence-corrected chi connectivity index (χ1v) is 14.3. The van der Waals surface area contributed by atoms with Crippen LogP contribution in [0.4, 0.5) is 5.69 Å². The molecule has 1 saturated carbocycles. The van der Waals surface area contributed by atoms with Crippen LogP contribution in [0.5, 0.6) is 5.75 Å². The molecule has 0 bridgehead atoms. The van der Waals surface area contributed by atoms with Gasteiger partial charge in [-0.15, -0.1) is 0 Å². The summed E-state index contributed by atoms with van der Waals surface area (Å²) >= 11 is 6.64. The molecule has 2 aromatic rings. The van der Waals surface area contributed by atoms with Crippen molar-refractivity contribution < 1.29 is 19.1 Å². The molecule has 230 valence electrons. The summed E-state index contributed by atoms with van der Waals surface area (Å²) in [4.78, 5) is 47.4. The van der Waals surface area contributed by atoms with Gasteiger partial charge in [0.2, 0.25) is 0 Å². The number of allylic oxidation sites excluding steroid dienone is 2. The quantitative estimate of drug-likeness (QED) is 0.189. The summed E-state index contributed by atoms with van der Waals surface area (Å²) in [5.41, 5.74) is 9.48. The third-order valence-corrected chi connectivity index (χ3v) is 7.27. The molecule has 12 nitrogen and oxygen atoms in total. The van der Waals surface area contributed by atoms with Crippen molar-refractivity contribution in [2.24, 2.45) is 16.6 Å². The Morgan fingerprint density at radius 2 is 2.02 bits per heavy atom. The van der Waals surface area contributed by atoms with E-state index in [0.717, 1.165) is 29.7 Å². The maximum Gasteiger partial charge on any atom is 0.271 e. The highest BCUT2D eigenvalue weighted by atomic mass is 35.5. The molecule has 0 radical (unpaired) electrons. The van der Waals surface area contributed by atoms with Gasteiger partial charge in [-0.1, -0.05) is 17.7 Å². The average Bonchev–Trinajstić information content (AvgIpc) is 3.86. The third-order valence-electron chi connectivity index (χ3n) is 6.95. The SMILES string of the molecule is CNC(=O)C(=N)/C(=C\C(N)=NC(=O)C1CC1)Nc1ccc(Cl)c(C2=CC=C(C(=O)N(C)Cc3cc(C)ccn3)NC2)c1OC. The number of nitrogens with two attached hydrogens (primary N) is 1. The Bertz CT molecular complexity index is 1620. The number of aliphatic imine (C=N–C) groups is 1. The van der Waals surface area contributed by atoms with Crippen LogP contribution in [0.1, 0.15) is 29.7 Å². The molecule has 2 aliphatic rings. The molecular weight excluding hydrogens is 584 g/mol. The number of carbonyl (C=O) groups excluding carboxylic acids is 3. The molecule has 3 amide bonds. The van der Waals surface area contributed by atoms with Gasteiger partial charge in [0.05, 0.1) is 35.8 Å². The lowest BCUT2D eigenvalue weighted by molar-refractivity contribution is -0.126. The minimum Gasteiger partial charge on any atom is -0.494 e. The number of nitrogens with zero attached hydrogens (tertiary/aromatic N) is 3. The van der Waals surface area contributed by atoms with Crippen LogP contribution in [0.3, 0.4) is 0 Å². The highest BCUT2D eigenvalue weighted by molar-refractivity contribution is 6.45. The first kappa shape index (κ1) is 32.0. The fourth-order valence-electron chi connectivity index (χ4n) is 4.48. The molecule has 0 spiro atoms. The lowest BCUT2D eigenvalue weighted by atomic mass is 10.00. The van der Waals surface area contributed by atoms with Gasteiger partial charge in [0.15, 0.2) is 5.75 Å². The molecule has 4 rings (SSSR count). The van der Waals surface area contributed by atoms with Crippen molar-refractivity contribution in [1.29, 1.82) is 5.41 Å². The van der Waals surface area contributed by atoms with Crippen LogP contribution in [-0.2, 0) is 20.9 Å². The van der Waals surface area contributed by atoms with Crippen molar-refractivity contribution in [3.63, 3.8) is 0 Å². The summed E-state index contributed by atoms with van der Waals surface area (Å²) in [6.45, 7) is 2.60. The Hall–Kier alpha value is -4.97. The normalized spacial score (nSPS) is 14.9. The largest absolute Gasteiger partial charge is 0.494 e. The number of pyridine rings is 1. The molecule has 0 unspecified atom stereocenters. The number of nitrogens with one attached hydrogen (secondary N) is 4. The molecule has 6 N–H and O–H groups in total. The van der Waals surface area contributed by atoms with Gasteiger partial charge in [0.1, 0.15) is 17.2 Å². The highest BCUT2D eigenvalue weighted by Crippen LogP contribution is 2.40. The number of amides is 3. The van der Waals surface area contributed by atoms with Gasteiger partial charge in [-0.2, -0.15) is 4.99 Å². The lowest BCUT2D eigenvalue weighted by Gasteiger charge is -2.24. The number of halogens is 1. The molecule has 1 aliphatic carbocycles. The van der Waals surface area contributed by atoms with E-state index in [2.05, 4.69) is 25.9 Å². The zero-order valence-corrected chi connectivity index (χ0v) is 25.7.